The van der Waals surface area contributed by atoms with E-state index in [1.165, 1.54) is 0 Å². The SMILES string of the molecule is CCCN(CCCC(=O)c1ccccc1)CC(=O)NC. The van der Waals surface area contributed by atoms with Crippen LogP contribution in [0.25, 0.3) is 0 Å². The number of likely N-dealkylation sites (N-methyl/N-ethyl adjacent to an activating group) is 1. The number of carbonyl (C=O) groups excluding carboxylic acids is 2. The fourth-order valence-electron chi connectivity index (χ4n) is 2.10. The quantitative estimate of drug-likeness (QED) is 0.703. The van der Waals surface area contributed by atoms with E-state index >= 15 is 0 Å². The van der Waals surface area contributed by atoms with Crippen LogP contribution in [0.3, 0.4) is 0 Å². The summed E-state index contributed by atoms with van der Waals surface area (Å²) >= 11 is 0. The standard InChI is InChI=1S/C16H24N2O2/c1-3-11-18(13-16(20)17-2)12-7-10-15(19)14-8-5-4-6-9-14/h4-6,8-9H,3,7,10-13H2,1-2H3,(H,17,20). The van der Waals surface area contributed by atoms with Crippen molar-refractivity contribution < 1.29 is 9.59 Å². The van der Waals surface area contributed by atoms with E-state index in [9.17, 15) is 9.59 Å². The zero-order valence-corrected chi connectivity index (χ0v) is 12.4. The molecule has 0 bridgehead atoms. The van der Waals surface area contributed by atoms with Crippen LogP contribution < -0.4 is 5.32 Å². The van der Waals surface area contributed by atoms with Crippen molar-refractivity contribution in [2.24, 2.45) is 0 Å². The molecule has 4 nitrogen and oxygen atoms in total. The van der Waals surface area contributed by atoms with Crippen LogP contribution in [-0.2, 0) is 4.79 Å². The van der Waals surface area contributed by atoms with Crippen LogP contribution in [0.1, 0.15) is 36.5 Å². The van der Waals surface area contributed by atoms with E-state index in [1.54, 1.807) is 7.05 Å². The van der Waals surface area contributed by atoms with E-state index in [2.05, 4.69) is 17.1 Å². The third-order valence-corrected chi connectivity index (χ3v) is 3.16. The third kappa shape index (κ3) is 5.97. The molecule has 0 spiro atoms. The van der Waals surface area contributed by atoms with Gasteiger partial charge in [-0.15, -0.1) is 0 Å². The summed E-state index contributed by atoms with van der Waals surface area (Å²) in [5.74, 6) is 0.190. The van der Waals surface area contributed by atoms with E-state index in [-0.39, 0.29) is 11.7 Å². The molecule has 0 fully saturated rings. The molecule has 0 unspecified atom stereocenters. The molecule has 0 aliphatic rings. The summed E-state index contributed by atoms with van der Waals surface area (Å²) in [6.45, 7) is 4.16. The molecule has 0 heterocycles. The highest BCUT2D eigenvalue weighted by atomic mass is 16.2. The lowest BCUT2D eigenvalue weighted by Gasteiger charge is -2.20. The van der Waals surface area contributed by atoms with Gasteiger partial charge in [0, 0.05) is 19.0 Å². The average molecular weight is 276 g/mol. The Bertz CT molecular complexity index is 418. The Balaban J connectivity index is 2.36. The molecule has 1 amide bonds. The molecule has 0 aliphatic carbocycles. The molecule has 1 rings (SSSR count). The average Bonchev–Trinajstić information content (AvgIpc) is 2.48. The highest BCUT2D eigenvalue weighted by Crippen LogP contribution is 2.06. The van der Waals surface area contributed by atoms with Crippen molar-refractivity contribution in [2.75, 3.05) is 26.7 Å². The number of nitrogens with one attached hydrogen (secondary N) is 1. The van der Waals surface area contributed by atoms with Crippen molar-refractivity contribution in [3.05, 3.63) is 35.9 Å². The number of amides is 1. The molecule has 1 N–H and O–H groups in total. The van der Waals surface area contributed by atoms with Crippen LogP contribution >= 0.6 is 0 Å². The zero-order chi connectivity index (χ0) is 14.8. The molecule has 1 aromatic rings. The first-order valence-electron chi connectivity index (χ1n) is 7.18. The topological polar surface area (TPSA) is 49.4 Å². The van der Waals surface area contributed by atoms with Crippen LogP contribution in [0.2, 0.25) is 0 Å². The number of hydrogen-bond donors (Lipinski definition) is 1. The maximum absolute atomic E-state index is 12.0. The van der Waals surface area contributed by atoms with E-state index in [0.717, 1.165) is 31.5 Å². The second-order valence-electron chi connectivity index (χ2n) is 4.84. The Hall–Kier alpha value is -1.68. The van der Waals surface area contributed by atoms with Crippen molar-refractivity contribution in [3.63, 3.8) is 0 Å². The Morgan fingerprint density at radius 3 is 2.45 bits per heavy atom. The smallest absolute Gasteiger partial charge is 0.233 e. The fraction of sp³-hybridized carbons (Fsp3) is 0.500. The van der Waals surface area contributed by atoms with Crippen LogP contribution in [0.15, 0.2) is 30.3 Å². The Labute approximate surface area is 121 Å². The second kappa shape index (κ2) is 9.26. The lowest BCUT2D eigenvalue weighted by Crippen LogP contribution is -2.36. The first-order valence-corrected chi connectivity index (χ1v) is 7.18. The molecule has 1 aromatic carbocycles. The molecule has 0 aliphatic heterocycles. The van der Waals surface area contributed by atoms with E-state index in [4.69, 9.17) is 0 Å². The maximum atomic E-state index is 12.0. The minimum Gasteiger partial charge on any atom is -0.358 e. The van der Waals surface area contributed by atoms with Gasteiger partial charge in [0.2, 0.25) is 5.91 Å². The largest absolute Gasteiger partial charge is 0.358 e. The van der Waals surface area contributed by atoms with Gasteiger partial charge in [0.1, 0.15) is 0 Å². The van der Waals surface area contributed by atoms with Gasteiger partial charge in [-0.1, -0.05) is 37.3 Å². The van der Waals surface area contributed by atoms with Gasteiger partial charge in [0.05, 0.1) is 6.54 Å². The van der Waals surface area contributed by atoms with Crippen LogP contribution in [-0.4, -0.2) is 43.3 Å². The number of carbonyl (C=O) groups is 2. The van der Waals surface area contributed by atoms with Crippen molar-refractivity contribution in [1.29, 1.82) is 0 Å². The lowest BCUT2D eigenvalue weighted by molar-refractivity contribution is -0.121. The van der Waals surface area contributed by atoms with Crippen molar-refractivity contribution in [3.8, 4) is 0 Å². The third-order valence-electron chi connectivity index (χ3n) is 3.16. The van der Waals surface area contributed by atoms with E-state index < -0.39 is 0 Å². The number of ketones is 1. The number of nitrogens with zero attached hydrogens (tertiary/aromatic N) is 1. The first-order chi connectivity index (χ1) is 9.67. The van der Waals surface area contributed by atoms with Crippen molar-refractivity contribution >= 4 is 11.7 Å². The highest BCUT2D eigenvalue weighted by molar-refractivity contribution is 5.95. The van der Waals surface area contributed by atoms with Gasteiger partial charge in [0.15, 0.2) is 5.78 Å². The van der Waals surface area contributed by atoms with Gasteiger partial charge < -0.3 is 5.32 Å². The minimum absolute atomic E-state index is 0.0211. The summed E-state index contributed by atoms with van der Waals surface area (Å²) in [4.78, 5) is 25.5. The summed E-state index contributed by atoms with van der Waals surface area (Å²) < 4.78 is 0. The zero-order valence-electron chi connectivity index (χ0n) is 12.4. The molecule has 0 saturated heterocycles. The highest BCUT2D eigenvalue weighted by Gasteiger charge is 2.10. The second-order valence-corrected chi connectivity index (χ2v) is 4.84. The van der Waals surface area contributed by atoms with Gasteiger partial charge in [-0.3, -0.25) is 14.5 Å². The van der Waals surface area contributed by atoms with E-state index in [0.29, 0.717) is 13.0 Å². The molecular weight excluding hydrogens is 252 g/mol. The predicted molar refractivity (Wildman–Crippen MR) is 80.8 cm³/mol. The molecule has 0 aromatic heterocycles. The Kier molecular flexibility index (Phi) is 7.58. The number of hydrogen-bond acceptors (Lipinski definition) is 3. The minimum atomic E-state index is 0.0211. The maximum Gasteiger partial charge on any atom is 0.233 e. The van der Waals surface area contributed by atoms with Gasteiger partial charge in [0.25, 0.3) is 0 Å². The Morgan fingerprint density at radius 2 is 1.85 bits per heavy atom. The van der Waals surface area contributed by atoms with E-state index in [1.807, 2.05) is 30.3 Å². The molecule has 0 saturated carbocycles. The summed E-state index contributed by atoms with van der Waals surface area (Å²) in [5.41, 5.74) is 0.765. The van der Waals surface area contributed by atoms with Gasteiger partial charge in [-0.2, -0.15) is 0 Å². The molecule has 0 atom stereocenters. The summed E-state index contributed by atoms with van der Waals surface area (Å²) in [6.07, 6.45) is 2.31. The predicted octanol–water partition coefficient (Wildman–Crippen LogP) is 2.11. The van der Waals surface area contributed by atoms with Gasteiger partial charge in [-0.25, -0.2) is 0 Å². The molecule has 4 heteroatoms. The number of Topliss-reactive ketones (excluding diaryl/α,β-unsaturated/α-hetero) is 1. The molecule has 110 valence electrons. The van der Waals surface area contributed by atoms with Gasteiger partial charge >= 0.3 is 0 Å². The molecule has 0 radical (unpaired) electrons. The number of rotatable bonds is 9. The first kappa shape index (κ1) is 16.4. The normalized spacial score (nSPS) is 10.6. The summed E-state index contributed by atoms with van der Waals surface area (Å²) in [7, 11) is 1.64. The summed E-state index contributed by atoms with van der Waals surface area (Å²) in [5, 5.41) is 2.63. The van der Waals surface area contributed by atoms with Crippen molar-refractivity contribution in [2.45, 2.75) is 26.2 Å². The van der Waals surface area contributed by atoms with Crippen molar-refractivity contribution in [1.82, 2.24) is 10.2 Å². The van der Waals surface area contributed by atoms with Crippen LogP contribution in [0.5, 0.6) is 0 Å². The fourth-order valence-corrected chi connectivity index (χ4v) is 2.10. The van der Waals surface area contributed by atoms with Gasteiger partial charge in [-0.05, 0) is 25.9 Å². The Morgan fingerprint density at radius 1 is 1.15 bits per heavy atom. The summed E-state index contributed by atoms with van der Waals surface area (Å²) in [6, 6.07) is 9.35. The molecule has 20 heavy (non-hydrogen) atoms. The monoisotopic (exact) mass is 276 g/mol. The number of benzene rings is 1. The van der Waals surface area contributed by atoms with Crippen LogP contribution in [0, 0.1) is 0 Å². The molecular formula is C16H24N2O2. The lowest BCUT2D eigenvalue weighted by atomic mass is 10.1. The van der Waals surface area contributed by atoms with Crippen LogP contribution in [0.4, 0.5) is 0 Å².